The highest BCUT2D eigenvalue weighted by Gasteiger charge is 2.21. The van der Waals surface area contributed by atoms with E-state index in [1.807, 2.05) is 18.2 Å². The summed E-state index contributed by atoms with van der Waals surface area (Å²) >= 11 is 0. The molecule has 0 aliphatic carbocycles. The van der Waals surface area contributed by atoms with Crippen molar-refractivity contribution in [2.75, 3.05) is 0 Å². The third-order valence-corrected chi connectivity index (χ3v) is 9.90. The van der Waals surface area contributed by atoms with Gasteiger partial charge in [0.25, 0.3) is 0 Å². The predicted octanol–water partition coefficient (Wildman–Crippen LogP) is 11.8. The number of amidine groups is 1. The van der Waals surface area contributed by atoms with Crippen LogP contribution in [-0.2, 0) is 0 Å². The zero-order chi connectivity index (χ0) is 32.3. The van der Waals surface area contributed by atoms with Crippen LogP contribution < -0.4 is 5.32 Å². The summed E-state index contributed by atoms with van der Waals surface area (Å²) in [4.78, 5) is 5.24. The average molecular weight is 627 g/mol. The fourth-order valence-corrected chi connectivity index (χ4v) is 7.58. The Bertz CT molecular complexity index is 2790. The highest BCUT2D eigenvalue weighted by Crippen LogP contribution is 2.42. The van der Waals surface area contributed by atoms with Crippen LogP contribution in [0.5, 0.6) is 0 Å². The maximum atomic E-state index is 6.35. The first kappa shape index (κ1) is 27.6. The molecule has 1 unspecified atom stereocenters. The summed E-state index contributed by atoms with van der Waals surface area (Å²) < 4.78 is 6.35. The van der Waals surface area contributed by atoms with Gasteiger partial charge >= 0.3 is 0 Å². The molecule has 9 aromatic rings. The van der Waals surface area contributed by atoms with Crippen molar-refractivity contribution in [3.63, 3.8) is 0 Å². The number of hydrogen-bond donors (Lipinski definition) is 1. The van der Waals surface area contributed by atoms with E-state index in [4.69, 9.17) is 9.41 Å². The predicted molar refractivity (Wildman–Crippen MR) is 205 cm³/mol. The molecule has 3 nitrogen and oxygen atoms in total. The van der Waals surface area contributed by atoms with Crippen LogP contribution in [0.15, 0.2) is 179 Å². The minimum absolute atomic E-state index is 0.0148. The van der Waals surface area contributed by atoms with Crippen molar-refractivity contribution in [2.24, 2.45) is 4.99 Å². The SMILES string of the molecule is C1=C(c2ccccc2)N=C(c2ccc3c4ccccc4c4cccc(-c5ccc6c(c5)oc5ccccc56)c4c3c2)NC1c1ccccc1. The maximum Gasteiger partial charge on any atom is 0.136 e. The lowest BCUT2D eigenvalue weighted by Crippen LogP contribution is -2.31. The van der Waals surface area contributed by atoms with Gasteiger partial charge in [-0.05, 0) is 84.9 Å². The number of furan rings is 1. The summed E-state index contributed by atoms with van der Waals surface area (Å²) in [6.45, 7) is 0. The van der Waals surface area contributed by atoms with Gasteiger partial charge in [0.2, 0.25) is 0 Å². The zero-order valence-corrected chi connectivity index (χ0v) is 26.6. The smallest absolute Gasteiger partial charge is 0.136 e. The van der Waals surface area contributed by atoms with Gasteiger partial charge in [-0.25, -0.2) is 4.99 Å². The molecular formula is C46H30N2O. The number of para-hydroxylation sites is 1. The molecule has 0 saturated carbocycles. The minimum atomic E-state index is -0.0148. The molecule has 0 amide bonds. The highest BCUT2D eigenvalue weighted by atomic mass is 16.3. The van der Waals surface area contributed by atoms with Crippen LogP contribution in [0.25, 0.3) is 71.1 Å². The van der Waals surface area contributed by atoms with Gasteiger partial charge in [0, 0.05) is 16.3 Å². The number of nitrogens with one attached hydrogen (secondary N) is 1. The Labute approximate surface area is 283 Å². The standard InChI is InChI=1S/C46H30N2O/c1-3-12-29(13-4-1)41-28-42(30-14-5-2-6-15-30)48-46(47-41)32-23-24-36-34-16-7-8-17-35(34)39-20-11-19-33(45(39)40(36)26-32)31-22-25-38-37-18-9-10-21-43(37)49-44(38)27-31/h1-28,41H,(H,47,48). The number of hydrogen-bond acceptors (Lipinski definition) is 3. The van der Waals surface area contributed by atoms with Crippen LogP contribution in [0.1, 0.15) is 22.7 Å². The monoisotopic (exact) mass is 626 g/mol. The van der Waals surface area contributed by atoms with Gasteiger partial charge in [-0.1, -0.05) is 140 Å². The van der Waals surface area contributed by atoms with Crippen molar-refractivity contribution in [1.82, 2.24) is 5.32 Å². The fourth-order valence-electron chi connectivity index (χ4n) is 7.58. The van der Waals surface area contributed by atoms with Gasteiger partial charge in [0.1, 0.15) is 17.0 Å². The Hall–Kier alpha value is -6.45. The summed E-state index contributed by atoms with van der Waals surface area (Å²) in [6, 6.07) is 58.2. The molecule has 1 aliphatic rings. The van der Waals surface area contributed by atoms with Gasteiger partial charge < -0.3 is 9.73 Å². The minimum Gasteiger partial charge on any atom is -0.456 e. The van der Waals surface area contributed by atoms with Crippen molar-refractivity contribution >= 4 is 65.8 Å². The van der Waals surface area contributed by atoms with E-state index in [1.165, 1.54) is 43.4 Å². The van der Waals surface area contributed by atoms with Crippen LogP contribution in [0, 0.1) is 0 Å². The maximum absolute atomic E-state index is 6.35. The van der Waals surface area contributed by atoms with Crippen LogP contribution in [0.4, 0.5) is 0 Å². The van der Waals surface area contributed by atoms with E-state index in [2.05, 4.69) is 157 Å². The van der Waals surface area contributed by atoms with Crippen LogP contribution >= 0.6 is 0 Å². The van der Waals surface area contributed by atoms with Crippen molar-refractivity contribution in [3.05, 3.63) is 187 Å². The lowest BCUT2D eigenvalue weighted by atomic mass is 9.88. The lowest BCUT2D eigenvalue weighted by Gasteiger charge is -2.25. The molecule has 1 N–H and O–H groups in total. The molecule has 1 atom stereocenters. The second-order valence-electron chi connectivity index (χ2n) is 12.8. The number of aliphatic imine (C=N–C) groups is 1. The van der Waals surface area contributed by atoms with E-state index in [-0.39, 0.29) is 6.04 Å². The van der Waals surface area contributed by atoms with Crippen molar-refractivity contribution < 1.29 is 4.42 Å². The van der Waals surface area contributed by atoms with Gasteiger partial charge in [-0.3, -0.25) is 0 Å². The molecule has 2 heterocycles. The molecule has 0 saturated heterocycles. The van der Waals surface area contributed by atoms with Gasteiger partial charge in [-0.15, -0.1) is 0 Å². The van der Waals surface area contributed by atoms with Crippen molar-refractivity contribution in [2.45, 2.75) is 6.04 Å². The Morgan fingerprint density at radius 3 is 1.92 bits per heavy atom. The number of nitrogens with zero attached hydrogens (tertiary/aromatic N) is 1. The molecule has 0 radical (unpaired) electrons. The summed E-state index contributed by atoms with van der Waals surface area (Å²) in [5.41, 5.74) is 8.43. The summed E-state index contributed by atoms with van der Waals surface area (Å²) in [6.07, 6.45) is 2.23. The van der Waals surface area contributed by atoms with E-state index in [0.29, 0.717) is 0 Å². The normalized spacial score (nSPS) is 14.7. The molecule has 230 valence electrons. The quantitative estimate of drug-likeness (QED) is 0.197. The number of fused-ring (bicyclic) bond motifs is 9. The van der Waals surface area contributed by atoms with E-state index >= 15 is 0 Å². The molecule has 1 aliphatic heterocycles. The largest absolute Gasteiger partial charge is 0.456 e. The molecule has 0 bridgehead atoms. The molecule has 0 spiro atoms. The first-order valence-electron chi connectivity index (χ1n) is 16.8. The zero-order valence-electron chi connectivity index (χ0n) is 26.6. The Morgan fingerprint density at radius 2 is 1.08 bits per heavy atom. The molecular weight excluding hydrogens is 597 g/mol. The summed E-state index contributed by atoms with van der Waals surface area (Å²) in [5.74, 6) is 0.861. The van der Waals surface area contributed by atoms with Crippen LogP contribution in [-0.4, -0.2) is 5.84 Å². The second-order valence-corrected chi connectivity index (χ2v) is 12.8. The van der Waals surface area contributed by atoms with Gasteiger partial charge in [-0.2, -0.15) is 0 Å². The molecule has 0 fully saturated rings. The second kappa shape index (κ2) is 11.1. The third kappa shape index (κ3) is 4.55. The van der Waals surface area contributed by atoms with Gasteiger partial charge in [0.15, 0.2) is 0 Å². The molecule has 1 aromatic heterocycles. The van der Waals surface area contributed by atoms with Gasteiger partial charge in [0.05, 0.1) is 11.7 Å². The first-order chi connectivity index (χ1) is 24.3. The van der Waals surface area contributed by atoms with Crippen molar-refractivity contribution in [1.29, 1.82) is 0 Å². The first-order valence-corrected chi connectivity index (χ1v) is 16.8. The average Bonchev–Trinajstić information content (AvgIpc) is 3.56. The Morgan fingerprint density at radius 1 is 0.449 bits per heavy atom. The highest BCUT2D eigenvalue weighted by molar-refractivity contribution is 6.29. The van der Waals surface area contributed by atoms with E-state index < -0.39 is 0 Å². The van der Waals surface area contributed by atoms with E-state index in [9.17, 15) is 0 Å². The Balaban J connectivity index is 1.21. The van der Waals surface area contributed by atoms with E-state index in [0.717, 1.165) is 50.2 Å². The Kier molecular flexibility index (Phi) is 6.25. The summed E-state index contributed by atoms with van der Waals surface area (Å²) in [7, 11) is 0. The summed E-state index contributed by atoms with van der Waals surface area (Å²) in [5, 5.41) is 13.4. The number of rotatable bonds is 4. The molecule has 8 aromatic carbocycles. The number of benzene rings is 8. The van der Waals surface area contributed by atoms with E-state index in [1.54, 1.807) is 0 Å². The van der Waals surface area contributed by atoms with Crippen molar-refractivity contribution in [3.8, 4) is 11.1 Å². The molecule has 10 rings (SSSR count). The topological polar surface area (TPSA) is 37.5 Å². The molecule has 3 heteroatoms. The fraction of sp³-hybridized carbons (Fsp3) is 0.0217. The lowest BCUT2D eigenvalue weighted by molar-refractivity contribution is 0.669. The van der Waals surface area contributed by atoms with Crippen LogP contribution in [0.3, 0.4) is 0 Å². The third-order valence-electron chi connectivity index (χ3n) is 9.90. The molecule has 49 heavy (non-hydrogen) atoms. The van der Waals surface area contributed by atoms with Crippen LogP contribution in [0.2, 0.25) is 0 Å².